The summed E-state index contributed by atoms with van der Waals surface area (Å²) < 4.78 is 18.3. The first-order valence-corrected chi connectivity index (χ1v) is 9.71. The Morgan fingerprint density at radius 2 is 1.62 bits per heavy atom. The zero-order valence-corrected chi connectivity index (χ0v) is 16.1. The minimum Gasteiger partial charge on any atom is -0.464 e. The van der Waals surface area contributed by atoms with E-state index in [9.17, 15) is 14.0 Å². The van der Waals surface area contributed by atoms with Crippen molar-refractivity contribution >= 4 is 11.9 Å². The van der Waals surface area contributed by atoms with Crippen molar-refractivity contribution in [2.75, 3.05) is 20.2 Å². The van der Waals surface area contributed by atoms with Crippen LogP contribution in [0.15, 0.2) is 24.3 Å². The van der Waals surface area contributed by atoms with Crippen LogP contribution >= 0.6 is 0 Å². The summed E-state index contributed by atoms with van der Waals surface area (Å²) in [7, 11) is 1.51. The molecule has 1 rings (SSSR count). The topological polar surface area (TPSA) is 46.6 Å². The van der Waals surface area contributed by atoms with Crippen LogP contribution in [-0.4, -0.2) is 37.0 Å². The van der Waals surface area contributed by atoms with Crippen LogP contribution in [0.3, 0.4) is 0 Å². The third-order valence-electron chi connectivity index (χ3n) is 4.30. The second kappa shape index (κ2) is 13.3. The van der Waals surface area contributed by atoms with E-state index < -0.39 is 17.7 Å². The zero-order chi connectivity index (χ0) is 19.2. The maximum absolute atomic E-state index is 13.2. The maximum atomic E-state index is 13.2. The Kier molecular flexibility index (Phi) is 11.3. The Morgan fingerprint density at radius 3 is 2.23 bits per heavy atom. The van der Waals surface area contributed by atoms with Crippen molar-refractivity contribution in [3.8, 4) is 0 Å². The molecule has 0 saturated heterocycles. The number of hydrogen-bond acceptors (Lipinski definition) is 3. The lowest BCUT2D eigenvalue weighted by molar-refractivity contribution is -0.144. The molecule has 1 aromatic carbocycles. The number of ether oxygens (including phenoxy) is 1. The summed E-state index contributed by atoms with van der Waals surface area (Å²) in [6, 6.07) is 5.43. The largest absolute Gasteiger partial charge is 0.464 e. The number of carbonyl (C=O) groups excluding carboxylic acids is 2. The first-order valence-electron chi connectivity index (χ1n) is 9.71. The molecule has 0 aliphatic heterocycles. The van der Waals surface area contributed by atoms with Gasteiger partial charge in [0.25, 0.3) is 5.91 Å². The molecule has 0 N–H and O–H groups in total. The molecule has 0 bridgehead atoms. The first-order chi connectivity index (χ1) is 12.5. The van der Waals surface area contributed by atoms with Gasteiger partial charge in [-0.15, -0.1) is 0 Å². The van der Waals surface area contributed by atoms with Gasteiger partial charge in [-0.3, -0.25) is 9.59 Å². The van der Waals surface area contributed by atoms with Gasteiger partial charge in [0.1, 0.15) is 12.4 Å². The molecule has 26 heavy (non-hydrogen) atoms. The zero-order valence-electron chi connectivity index (χ0n) is 16.1. The molecule has 1 aromatic rings. The summed E-state index contributed by atoms with van der Waals surface area (Å²) >= 11 is 0. The number of amides is 1. The fraction of sp³-hybridized carbons (Fsp3) is 0.619. The predicted octanol–water partition coefficient (Wildman–Crippen LogP) is 4.97. The van der Waals surface area contributed by atoms with E-state index in [1.54, 1.807) is 0 Å². The van der Waals surface area contributed by atoms with Crippen molar-refractivity contribution in [2.24, 2.45) is 0 Å². The molecule has 146 valence electrons. The van der Waals surface area contributed by atoms with Crippen molar-refractivity contribution < 1.29 is 18.7 Å². The van der Waals surface area contributed by atoms with Crippen molar-refractivity contribution in [1.29, 1.82) is 0 Å². The van der Waals surface area contributed by atoms with Crippen molar-refractivity contribution in [1.82, 2.24) is 4.90 Å². The van der Waals surface area contributed by atoms with Crippen molar-refractivity contribution in [3.05, 3.63) is 35.6 Å². The summed E-state index contributed by atoms with van der Waals surface area (Å²) in [6.45, 7) is 2.47. The minimum absolute atomic E-state index is 0.132. The van der Waals surface area contributed by atoms with Gasteiger partial charge in [-0.25, -0.2) is 4.39 Å². The normalized spacial score (nSPS) is 10.6. The lowest BCUT2D eigenvalue weighted by Crippen LogP contribution is -2.33. The average molecular weight is 365 g/mol. The van der Waals surface area contributed by atoms with Crippen molar-refractivity contribution in [3.63, 3.8) is 0 Å². The van der Waals surface area contributed by atoms with E-state index in [2.05, 4.69) is 6.92 Å². The van der Waals surface area contributed by atoms with E-state index in [-0.39, 0.29) is 12.1 Å². The van der Waals surface area contributed by atoms with Gasteiger partial charge in [0.05, 0.1) is 6.61 Å². The highest BCUT2D eigenvalue weighted by Gasteiger charge is 2.16. The number of nitrogens with zero attached hydrogens (tertiary/aromatic N) is 1. The highest BCUT2D eigenvalue weighted by atomic mass is 19.1. The van der Waals surface area contributed by atoms with E-state index in [1.165, 1.54) is 75.1 Å². The van der Waals surface area contributed by atoms with Gasteiger partial charge in [0, 0.05) is 12.6 Å². The molecule has 1 amide bonds. The summed E-state index contributed by atoms with van der Waals surface area (Å²) in [5, 5.41) is 0. The molecule has 0 saturated carbocycles. The van der Waals surface area contributed by atoms with Gasteiger partial charge in [-0.1, -0.05) is 64.4 Å². The summed E-state index contributed by atoms with van der Waals surface area (Å²) in [5.74, 6) is -1.31. The van der Waals surface area contributed by atoms with Crippen LogP contribution in [0, 0.1) is 5.82 Å². The molecule has 4 nitrogen and oxygen atoms in total. The quantitative estimate of drug-likeness (QED) is 0.366. The van der Waals surface area contributed by atoms with Gasteiger partial charge in [-0.2, -0.15) is 0 Å². The maximum Gasteiger partial charge on any atom is 0.325 e. The van der Waals surface area contributed by atoms with Crippen LogP contribution in [0.25, 0.3) is 0 Å². The Balaban J connectivity index is 2.10. The summed E-state index contributed by atoms with van der Waals surface area (Å²) in [4.78, 5) is 25.2. The molecule has 0 unspecified atom stereocenters. The molecule has 0 radical (unpaired) electrons. The number of hydrogen-bond donors (Lipinski definition) is 0. The van der Waals surface area contributed by atoms with E-state index in [4.69, 9.17) is 4.74 Å². The smallest absolute Gasteiger partial charge is 0.325 e. The van der Waals surface area contributed by atoms with E-state index >= 15 is 0 Å². The lowest BCUT2D eigenvalue weighted by Gasteiger charge is -2.16. The van der Waals surface area contributed by atoms with E-state index in [0.29, 0.717) is 6.61 Å². The number of rotatable bonds is 13. The standard InChI is InChI=1S/C21H32FNO3/c1-3-4-5-6-7-8-9-10-11-15-26-20(24)17-23(2)21(25)18-13-12-14-19(22)16-18/h12-14,16H,3-11,15,17H2,1-2H3. The minimum atomic E-state index is -0.475. The molecular formula is C21H32FNO3. The second-order valence-electron chi connectivity index (χ2n) is 6.72. The third-order valence-corrected chi connectivity index (χ3v) is 4.30. The number of esters is 1. The number of benzene rings is 1. The Hall–Kier alpha value is -1.91. The van der Waals surface area contributed by atoms with Crippen LogP contribution in [0.4, 0.5) is 4.39 Å². The van der Waals surface area contributed by atoms with Gasteiger partial charge >= 0.3 is 5.97 Å². The molecule has 0 atom stereocenters. The third kappa shape index (κ3) is 9.54. The molecule has 0 heterocycles. The van der Waals surface area contributed by atoms with Crippen LogP contribution in [-0.2, 0) is 9.53 Å². The van der Waals surface area contributed by atoms with Gasteiger partial charge in [0.2, 0.25) is 0 Å². The number of unbranched alkanes of at least 4 members (excludes halogenated alkanes) is 8. The molecule has 0 aliphatic rings. The lowest BCUT2D eigenvalue weighted by atomic mass is 10.1. The second-order valence-corrected chi connectivity index (χ2v) is 6.72. The highest BCUT2D eigenvalue weighted by molar-refractivity contribution is 5.95. The van der Waals surface area contributed by atoms with E-state index in [0.717, 1.165) is 18.9 Å². The van der Waals surface area contributed by atoms with Crippen molar-refractivity contribution in [2.45, 2.75) is 64.7 Å². The van der Waals surface area contributed by atoms with Crippen LogP contribution in [0.5, 0.6) is 0 Å². The SMILES string of the molecule is CCCCCCCCCCCOC(=O)CN(C)C(=O)c1cccc(F)c1. The molecule has 0 aromatic heterocycles. The van der Waals surface area contributed by atoms with Crippen LogP contribution in [0.1, 0.15) is 75.1 Å². The molecule has 5 heteroatoms. The first kappa shape index (κ1) is 22.1. The molecule has 0 fully saturated rings. The van der Waals surface area contributed by atoms with Crippen LogP contribution < -0.4 is 0 Å². The molecule has 0 aliphatic carbocycles. The Labute approximate surface area is 156 Å². The number of carbonyl (C=O) groups is 2. The summed E-state index contributed by atoms with van der Waals surface area (Å²) in [5.41, 5.74) is 0.222. The van der Waals surface area contributed by atoms with Gasteiger partial charge < -0.3 is 9.64 Å². The summed E-state index contributed by atoms with van der Waals surface area (Å²) in [6.07, 6.45) is 10.8. The Bertz CT molecular complexity index is 548. The fourth-order valence-corrected chi connectivity index (χ4v) is 2.75. The van der Waals surface area contributed by atoms with Gasteiger partial charge in [-0.05, 0) is 24.6 Å². The molecule has 0 spiro atoms. The molecular weight excluding hydrogens is 333 g/mol. The van der Waals surface area contributed by atoms with Crippen LogP contribution in [0.2, 0.25) is 0 Å². The fourth-order valence-electron chi connectivity index (χ4n) is 2.75. The van der Waals surface area contributed by atoms with Gasteiger partial charge in [0.15, 0.2) is 0 Å². The average Bonchev–Trinajstić information content (AvgIpc) is 2.62. The number of likely N-dealkylation sites (N-methyl/N-ethyl adjacent to an activating group) is 1. The predicted molar refractivity (Wildman–Crippen MR) is 102 cm³/mol. The monoisotopic (exact) mass is 365 g/mol. The van der Waals surface area contributed by atoms with E-state index in [1.807, 2.05) is 0 Å². The number of halogens is 1. The Morgan fingerprint density at radius 1 is 1.00 bits per heavy atom. The highest BCUT2D eigenvalue weighted by Crippen LogP contribution is 2.10.